The number of para-hydroxylation sites is 2. The van der Waals surface area contributed by atoms with Crippen molar-refractivity contribution in [2.24, 2.45) is 0 Å². The van der Waals surface area contributed by atoms with Gasteiger partial charge in [0, 0.05) is 29.4 Å². The van der Waals surface area contributed by atoms with Crippen LogP contribution in [0.4, 0.5) is 15.8 Å². The maximum Gasteiger partial charge on any atom is 0.258 e. The molecule has 3 aromatic carbocycles. The molecule has 0 saturated carbocycles. The highest BCUT2D eigenvalue weighted by atomic mass is 19.1. The minimum Gasteiger partial charge on any atom is -0.309 e. The molecule has 0 aromatic heterocycles. The third-order valence-electron chi connectivity index (χ3n) is 5.95. The van der Waals surface area contributed by atoms with Crippen LogP contribution in [-0.2, 0) is 4.79 Å². The molecule has 0 unspecified atom stereocenters. The van der Waals surface area contributed by atoms with Gasteiger partial charge in [-0.3, -0.25) is 9.59 Å². The normalized spacial score (nSPS) is 17.5. The average molecular weight is 431 g/mol. The van der Waals surface area contributed by atoms with Crippen LogP contribution in [0.1, 0.15) is 55.1 Å². The van der Waals surface area contributed by atoms with Crippen LogP contribution in [0.5, 0.6) is 0 Å². The lowest BCUT2D eigenvalue weighted by molar-refractivity contribution is -0.119. The second-order valence-electron chi connectivity index (χ2n) is 8.19. The van der Waals surface area contributed by atoms with E-state index in [1.165, 1.54) is 24.3 Å². The first-order valence-corrected chi connectivity index (χ1v) is 11.1. The lowest BCUT2D eigenvalue weighted by Crippen LogP contribution is -2.47. The third-order valence-corrected chi connectivity index (χ3v) is 5.95. The molecule has 5 heteroatoms. The van der Waals surface area contributed by atoms with Gasteiger partial charge in [-0.25, -0.2) is 4.39 Å². The molecule has 3 aromatic rings. The van der Waals surface area contributed by atoms with Gasteiger partial charge >= 0.3 is 0 Å². The zero-order chi connectivity index (χ0) is 22.7. The fourth-order valence-corrected chi connectivity index (χ4v) is 4.50. The molecule has 0 saturated heterocycles. The maximum absolute atomic E-state index is 13.7. The Morgan fingerprint density at radius 1 is 0.969 bits per heavy atom. The van der Waals surface area contributed by atoms with Gasteiger partial charge in [0.25, 0.3) is 5.91 Å². The fourth-order valence-electron chi connectivity index (χ4n) is 4.50. The number of hydrogen-bond acceptors (Lipinski definition) is 2. The van der Waals surface area contributed by atoms with Gasteiger partial charge in [-0.1, -0.05) is 43.3 Å². The van der Waals surface area contributed by atoms with Gasteiger partial charge in [0.1, 0.15) is 5.82 Å². The van der Waals surface area contributed by atoms with E-state index in [1.807, 2.05) is 73.3 Å². The largest absolute Gasteiger partial charge is 0.309 e. The van der Waals surface area contributed by atoms with Gasteiger partial charge in [0.15, 0.2) is 0 Å². The van der Waals surface area contributed by atoms with Gasteiger partial charge in [-0.05, 0) is 67.8 Å². The number of anilines is 2. The van der Waals surface area contributed by atoms with Crippen molar-refractivity contribution >= 4 is 23.2 Å². The number of hydrogen-bond donors (Lipinski definition) is 0. The zero-order valence-corrected chi connectivity index (χ0v) is 18.4. The summed E-state index contributed by atoms with van der Waals surface area (Å²) in [4.78, 5) is 30.3. The summed E-state index contributed by atoms with van der Waals surface area (Å²) in [5.41, 5.74) is 2.98. The number of nitrogens with zero attached hydrogens (tertiary/aromatic N) is 2. The average Bonchev–Trinajstić information content (AvgIpc) is 2.80. The summed E-state index contributed by atoms with van der Waals surface area (Å²) in [6.07, 6.45) is 1.88. The summed E-state index contributed by atoms with van der Waals surface area (Å²) in [7, 11) is 0. The molecule has 0 N–H and O–H groups in total. The Hall–Kier alpha value is -3.47. The molecule has 2 amide bonds. The van der Waals surface area contributed by atoms with Crippen LogP contribution in [0.15, 0.2) is 78.9 Å². The number of fused-ring (bicyclic) bond motifs is 1. The lowest BCUT2D eigenvalue weighted by Gasteiger charge is -2.43. The first-order valence-electron chi connectivity index (χ1n) is 11.1. The Morgan fingerprint density at radius 2 is 1.62 bits per heavy atom. The molecule has 1 aliphatic rings. The molecule has 2 atom stereocenters. The van der Waals surface area contributed by atoms with Crippen molar-refractivity contribution in [3.05, 3.63) is 95.8 Å². The van der Waals surface area contributed by atoms with Crippen LogP contribution in [0.2, 0.25) is 0 Å². The standard InChI is InChI=1S/C27H27FN2O2/c1-3-9-26(31)29-19(2)18-25(23-12-7-8-13-24(23)29)30(22-10-5-4-6-11-22)27(32)20-14-16-21(28)17-15-20/h4-8,10-17,19,25H,3,9,18H2,1-2H3/t19-,25-/m0/s1. The minimum atomic E-state index is -0.380. The summed E-state index contributed by atoms with van der Waals surface area (Å²) < 4.78 is 13.5. The summed E-state index contributed by atoms with van der Waals surface area (Å²) in [6.45, 7) is 4.03. The van der Waals surface area contributed by atoms with Crippen LogP contribution >= 0.6 is 0 Å². The Morgan fingerprint density at radius 3 is 2.31 bits per heavy atom. The minimum absolute atomic E-state index is 0.0684. The zero-order valence-electron chi connectivity index (χ0n) is 18.4. The van der Waals surface area contributed by atoms with Crippen molar-refractivity contribution < 1.29 is 14.0 Å². The molecule has 0 aliphatic carbocycles. The van der Waals surface area contributed by atoms with E-state index >= 15 is 0 Å². The Kier molecular flexibility index (Phi) is 6.35. The van der Waals surface area contributed by atoms with Gasteiger partial charge in [-0.15, -0.1) is 0 Å². The van der Waals surface area contributed by atoms with E-state index in [0.29, 0.717) is 18.4 Å². The summed E-state index contributed by atoms with van der Waals surface area (Å²) in [5.74, 6) is -0.479. The van der Waals surface area contributed by atoms with Crippen molar-refractivity contribution in [2.45, 2.75) is 45.2 Å². The smallest absolute Gasteiger partial charge is 0.258 e. The monoisotopic (exact) mass is 430 g/mol. The molecule has 4 nitrogen and oxygen atoms in total. The number of carbonyl (C=O) groups is 2. The van der Waals surface area contributed by atoms with Crippen molar-refractivity contribution in [3.8, 4) is 0 Å². The predicted octanol–water partition coefficient (Wildman–Crippen LogP) is 6.14. The van der Waals surface area contributed by atoms with Crippen LogP contribution in [-0.4, -0.2) is 17.9 Å². The highest BCUT2D eigenvalue weighted by Gasteiger charge is 2.38. The van der Waals surface area contributed by atoms with Crippen molar-refractivity contribution in [2.75, 3.05) is 9.80 Å². The Labute approximate surface area is 188 Å². The van der Waals surface area contributed by atoms with Crippen molar-refractivity contribution in [1.29, 1.82) is 0 Å². The number of rotatable bonds is 5. The van der Waals surface area contributed by atoms with Crippen LogP contribution < -0.4 is 9.80 Å². The molecule has 0 bridgehead atoms. The van der Waals surface area contributed by atoms with E-state index < -0.39 is 0 Å². The van der Waals surface area contributed by atoms with Crippen molar-refractivity contribution in [1.82, 2.24) is 0 Å². The maximum atomic E-state index is 13.7. The summed E-state index contributed by atoms with van der Waals surface area (Å²) in [5, 5.41) is 0. The van der Waals surface area contributed by atoms with E-state index in [1.54, 1.807) is 4.90 Å². The van der Waals surface area contributed by atoms with Crippen LogP contribution in [0.25, 0.3) is 0 Å². The van der Waals surface area contributed by atoms with E-state index in [4.69, 9.17) is 0 Å². The molecule has 0 radical (unpaired) electrons. The second kappa shape index (κ2) is 9.35. The molecule has 1 heterocycles. The predicted molar refractivity (Wildman–Crippen MR) is 125 cm³/mol. The molecule has 1 aliphatic heterocycles. The molecule has 4 rings (SSSR count). The highest BCUT2D eigenvalue weighted by molar-refractivity contribution is 6.07. The number of amides is 2. The molecular formula is C27H27FN2O2. The highest BCUT2D eigenvalue weighted by Crippen LogP contribution is 2.43. The van der Waals surface area contributed by atoms with Crippen molar-refractivity contribution in [3.63, 3.8) is 0 Å². The van der Waals surface area contributed by atoms with Gasteiger partial charge in [0.2, 0.25) is 5.91 Å². The van der Waals surface area contributed by atoms with Gasteiger partial charge in [0.05, 0.1) is 6.04 Å². The summed E-state index contributed by atoms with van der Waals surface area (Å²) in [6, 6.07) is 22.6. The topological polar surface area (TPSA) is 40.6 Å². The third kappa shape index (κ3) is 4.15. The molecular weight excluding hydrogens is 403 g/mol. The molecule has 164 valence electrons. The van der Waals surface area contributed by atoms with E-state index in [0.717, 1.165) is 23.4 Å². The molecule has 0 spiro atoms. The first-order chi connectivity index (χ1) is 15.5. The number of carbonyl (C=O) groups excluding carboxylic acids is 2. The first kappa shape index (κ1) is 21.8. The second-order valence-corrected chi connectivity index (χ2v) is 8.19. The van der Waals surface area contributed by atoms with Crippen LogP contribution in [0, 0.1) is 5.82 Å². The molecule has 32 heavy (non-hydrogen) atoms. The number of benzene rings is 3. The Bertz CT molecular complexity index is 1100. The van der Waals surface area contributed by atoms with E-state index in [9.17, 15) is 14.0 Å². The van der Waals surface area contributed by atoms with Gasteiger partial charge < -0.3 is 9.80 Å². The summed E-state index contributed by atoms with van der Waals surface area (Å²) >= 11 is 0. The number of halogens is 1. The van der Waals surface area contributed by atoms with Gasteiger partial charge in [-0.2, -0.15) is 0 Å². The van der Waals surface area contributed by atoms with Crippen LogP contribution in [0.3, 0.4) is 0 Å². The molecule has 0 fully saturated rings. The lowest BCUT2D eigenvalue weighted by atomic mass is 9.89. The van der Waals surface area contributed by atoms with E-state index in [2.05, 4.69) is 0 Å². The van der Waals surface area contributed by atoms with E-state index in [-0.39, 0.29) is 29.7 Å². The Balaban J connectivity index is 1.82. The quantitative estimate of drug-likeness (QED) is 0.488. The SMILES string of the molecule is CCCC(=O)N1c2ccccc2[C@@H](N(C(=O)c2ccc(F)cc2)c2ccccc2)C[C@@H]1C. The fraction of sp³-hybridized carbons (Fsp3) is 0.259.